The summed E-state index contributed by atoms with van der Waals surface area (Å²) in [7, 11) is 1.42. The van der Waals surface area contributed by atoms with Crippen LogP contribution in [0.2, 0.25) is 5.02 Å². The van der Waals surface area contributed by atoms with Crippen molar-refractivity contribution < 1.29 is 32.3 Å². The number of rotatable bonds is 6. The zero-order valence-corrected chi connectivity index (χ0v) is 14.7. The van der Waals surface area contributed by atoms with Crippen LogP contribution in [0, 0.1) is 0 Å². The molecule has 2 aromatic carbocycles. The number of oxime groups is 1. The Morgan fingerprint density at radius 1 is 1.22 bits per heavy atom. The molecule has 0 saturated heterocycles. The molecule has 144 valence electrons. The van der Waals surface area contributed by atoms with Gasteiger partial charge < -0.3 is 20.0 Å². The largest absolute Gasteiger partial charge is 0.496 e. The first kappa shape index (κ1) is 20.4. The third kappa shape index (κ3) is 6.07. The van der Waals surface area contributed by atoms with E-state index in [1.54, 1.807) is 12.1 Å². The van der Waals surface area contributed by atoms with Crippen LogP contribution in [-0.4, -0.2) is 31.7 Å². The molecule has 0 saturated carbocycles. The molecule has 2 N–H and O–H groups in total. The number of nitrogens with two attached hydrogens (primary N) is 1. The van der Waals surface area contributed by atoms with Crippen molar-refractivity contribution in [3.05, 3.63) is 58.6 Å². The summed E-state index contributed by atoms with van der Waals surface area (Å²) in [5.41, 5.74) is 6.02. The quantitative estimate of drug-likeness (QED) is 0.344. The maximum Gasteiger partial charge on any atom is 0.422 e. The van der Waals surface area contributed by atoms with Crippen molar-refractivity contribution in [3.63, 3.8) is 0 Å². The monoisotopic (exact) mass is 402 g/mol. The van der Waals surface area contributed by atoms with Gasteiger partial charge >= 0.3 is 12.1 Å². The molecule has 0 aromatic heterocycles. The van der Waals surface area contributed by atoms with E-state index in [2.05, 4.69) is 9.89 Å². The van der Waals surface area contributed by atoms with Gasteiger partial charge in [0.1, 0.15) is 11.5 Å². The Morgan fingerprint density at radius 2 is 1.96 bits per heavy atom. The van der Waals surface area contributed by atoms with Gasteiger partial charge in [0.15, 0.2) is 12.4 Å². The number of carbonyl (C=O) groups is 1. The Bertz CT molecular complexity index is 856. The van der Waals surface area contributed by atoms with Gasteiger partial charge in [0.25, 0.3) is 0 Å². The maximum absolute atomic E-state index is 12.2. The van der Waals surface area contributed by atoms with Crippen molar-refractivity contribution in [2.24, 2.45) is 10.9 Å². The molecule has 6 nitrogen and oxygen atoms in total. The summed E-state index contributed by atoms with van der Waals surface area (Å²) in [6.07, 6.45) is -4.49. The summed E-state index contributed by atoms with van der Waals surface area (Å²) in [4.78, 5) is 16.8. The first-order valence-corrected chi connectivity index (χ1v) is 7.76. The van der Waals surface area contributed by atoms with Gasteiger partial charge in [0.2, 0.25) is 0 Å². The first-order chi connectivity index (χ1) is 12.7. The summed E-state index contributed by atoms with van der Waals surface area (Å²) in [6.45, 7) is -1.48. The topological polar surface area (TPSA) is 83.1 Å². The van der Waals surface area contributed by atoms with E-state index < -0.39 is 18.8 Å². The SMILES string of the molecule is COc1ccc(Cl)cc1/C(N)=N/OC(=O)c1cccc(OCC(F)(F)F)c1. The van der Waals surface area contributed by atoms with Crippen LogP contribution in [0.15, 0.2) is 47.6 Å². The Morgan fingerprint density at radius 3 is 2.63 bits per heavy atom. The van der Waals surface area contributed by atoms with Crippen LogP contribution < -0.4 is 15.2 Å². The fourth-order valence-corrected chi connectivity index (χ4v) is 2.12. The number of methoxy groups -OCH3 is 1. The van der Waals surface area contributed by atoms with Gasteiger partial charge in [0.05, 0.1) is 18.2 Å². The molecule has 2 rings (SSSR count). The zero-order valence-electron chi connectivity index (χ0n) is 13.9. The molecule has 0 bridgehead atoms. The van der Waals surface area contributed by atoms with Crippen LogP contribution in [0.5, 0.6) is 11.5 Å². The molecule has 0 spiro atoms. The lowest BCUT2D eigenvalue weighted by atomic mass is 10.2. The lowest BCUT2D eigenvalue weighted by Gasteiger charge is -2.10. The second-order valence-electron chi connectivity index (χ2n) is 5.13. The number of halogens is 4. The van der Waals surface area contributed by atoms with E-state index in [4.69, 9.17) is 26.9 Å². The second kappa shape index (κ2) is 8.63. The summed E-state index contributed by atoms with van der Waals surface area (Å²) < 4.78 is 46.3. The molecule has 0 unspecified atom stereocenters. The van der Waals surface area contributed by atoms with E-state index in [1.807, 2.05) is 0 Å². The van der Waals surface area contributed by atoms with E-state index in [0.717, 1.165) is 6.07 Å². The number of carbonyl (C=O) groups excluding carboxylic acids is 1. The van der Waals surface area contributed by atoms with Gasteiger partial charge in [-0.2, -0.15) is 13.2 Å². The highest BCUT2D eigenvalue weighted by molar-refractivity contribution is 6.31. The fourth-order valence-electron chi connectivity index (χ4n) is 1.95. The van der Waals surface area contributed by atoms with Gasteiger partial charge in [-0.25, -0.2) is 4.79 Å². The molecule has 27 heavy (non-hydrogen) atoms. The van der Waals surface area contributed by atoms with Gasteiger partial charge in [-0.05, 0) is 36.4 Å². The molecule has 0 atom stereocenters. The predicted octanol–water partition coefficient (Wildman–Crippen LogP) is 3.77. The predicted molar refractivity (Wildman–Crippen MR) is 92.1 cm³/mol. The molecule has 0 aliphatic carbocycles. The van der Waals surface area contributed by atoms with Crippen molar-refractivity contribution in [1.29, 1.82) is 0 Å². The second-order valence-corrected chi connectivity index (χ2v) is 5.57. The van der Waals surface area contributed by atoms with E-state index in [-0.39, 0.29) is 17.1 Å². The summed E-state index contributed by atoms with van der Waals surface area (Å²) in [5.74, 6) is -0.891. The Labute approximate surface area is 157 Å². The number of hydrogen-bond donors (Lipinski definition) is 1. The molecule has 10 heteroatoms. The fraction of sp³-hybridized carbons (Fsp3) is 0.176. The lowest BCUT2D eigenvalue weighted by Crippen LogP contribution is -2.19. The van der Waals surface area contributed by atoms with Crippen molar-refractivity contribution >= 4 is 23.4 Å². The third-order valence-corrected chi connectivity index (χ3v) is 3.37. The highest BCUT2D eigenvalue weighted by atomic mass is 35.5. The number of nitrogens with zero attached hydrogens (tertiary/aromatic N) is 1. The van der Waals surface area contributed by atoms with Crippen LogP contribution in [0.4, 0.5) is 13.2 Å². The number of amidine groups is 1. The maximum atomic E-state index is 12.2. The van der Waals surface area contributed by atoms with Gasteiger partial charge in [-0.3, -0.25) is 0 Å². The Balaban J connectivity index is 2.11. The van der Waals surface area contributed by atoms with E-state index >= 15 is 0 Å². The molecule has 0 aliphatic rings. The summed E-state index contributed by atoms with van der Waals surface area (Å²) in [6, 6.07) is 9.65. The third-order valence-electron chi connectivity index (χ3n) is 3.14. The van der Waals surface area contributed by atoms with Crippen molar-refractivity contribution in [2.45, 2.75) is 6.18 Å². The van der Waals surface area contributed by atoms with Crippen LogP contribution in [-0.2, 0) is 4.84 Å². The van der Waals surface area contributed by atoms with Crippen molar-refractivity contribution in [3.8, 4) is 11.5 Å². The molecule has 0 fully saturated rings. The molecule has 0 aliphatic heterocycles. The molecular weight excluding hydrogens is 389 g/mol. The minimum atomic E-state index is -4.49. The minimum absolute atomic E-state index is 0.0655. The number of benzene rings is 2. The normalized spacial score (nSPS) is 11.8. The summed E-state index contributed by atoms with van der Waals surface area (Å²) >= 11 is 5.89. The lowest BCUT2D eigenvalue weighted by molar-refractivity contribution is -0.153. The molecule has 0 heterocycles. The zero-order chi connectivity index (χ0) is 20.0. The average molecular weight is 403 g/mol. The van der Waals surface area contributed by atoms with Gasteiger partial charge in [-0.1, -0.05) is 22.8 Å². The smallest absolute Gasteiger partial charge is 0.422 e. The molecule has 2 aromatic rings. The standard InChI is InChI=1S/C17H14ClF3N2O4/c1-25-14-6-5-11(18)8-13(14)15(22)23-27-16(24)10-3-2-4-12(7-10)26-9-17(19,20)21/h2-8H,9H2,1H3,(H2,22,23). The van der Waals surface area contributed by atoms with Gasteiger partial charge in [-0.15, -0.1) is 0 Å². The molecule has 0 amide bonds. The Hall–Kier alpha value is -2.94. The van der Waals surface area contributed by atoms with E-state index in [0.29, 0.717) is 16.3 Å². The summed E-state index contributed by atoms with van der Waals surface area (Å²) in [5, 5.41) is 3.89. The van der Waals surface area contributed by atoms with E-state index in [9.17, 15) is 18.0 Å². The van der Waals surface area contributed by atoms with Crippen LogP contribution in [0.1, 0.15) is 15.9 Å². The van der Waals surface area contributed by atoms with E-state index in [1.165, 1.54) is 31.4 Å². The van der Waals surface area contributed by atoms with Crippen LogP contribution in [0.3, 0.4) is 0 Å². The molecule has 0 radical (unpaired) electrons. The van der Waals surface area contributed by atoms with Gasteiger partial charge in [0, 0.05) is 5.02 Å². The Kier molecular flexibility index (Phi) is 6.51. The highest BCUT2D eigenvalue weighted by Gasteiger charge is 2.28. The molecular formula is C17H14ClF3N2O4. The minimum Gasteiger partial charge on any atom is -0.496 e. The number of hydrogen-bond acceptors (Lipinski definition) is 5. The average Bonchev–Trinajstić information content (AvgIpc) is 2.63. The first-order valence-electron chi connectivity index (χ1n) is 7.38. The highest BCUT2D eigenvalue weighted by Crippen LogP contribution is 2.23. The number of alkyl halides is 3. The van der Waals surface area contributed by atoms with Crippen LogP contribution in [0.25, 0.3) is 0 Å². The van der Waals surface area contributed by atoms with Crippen molar-refractivity contribution in [1.82, 2.24) is 0 Å². The van der Waals surface area contributed by atoms with Crippen LogP contribution >= 0.6 is 11.6 Å². The number of ether oxygens (including phenoxy) is 2. The van der Waals surface area contributed by atoms with Crippen molar-refractivity contribution in [2.75, 3.05) is 13.7 Å².